The second-order valence-electron chi connectivity index (χ2n) is 10.6. The van der Waals surface area contributed by atoms with E-state index in [0.29, 0.717) is 18.5 Å². The lowest BCUT2D eigenvalue weighted by Crippen LogP contribution is -2.46. The van der Waals surface area contributed by atoms with Gasteiger partial charge in [0.1, 0.15) is 12.0 Å². The largest absolute Gasteiger partial charge is 0.328 e. The summed E-state index contributed by atoms with van der Waals surface area (Å²) < 4.78 is 68.4. The van der Waals surface area contributed by atoms with E-state index in [0.717, 1.165) is 29.8 Å². The van der Waals surface area contributed by atoms with Crippen LogP contribution < -0.4 is 4.31 Å². The van der Waals surface area contributed by atoms with Crippen LogP contribution in [-0.4, -0.2) is 54.5 Å². The third-order valence-electron chi connectivity index (χ3n) is 6.72. The molecule has 1 aliphatic carbocycles. The van der Waals surface area contributed by atoms with Crippen molar-refractivity contribution >= 4 is 26.9 Å². The molecule has 4 rings (SSSR count). The number of nitrogens with zero attached hydrogens (tertiary/aromatic N) is 4. The molecule has 0 amide bonds. The van der Waals surface area contributed by atoms with Gasteiger partial charge in [-0.2, -0.15) is 12.7 Å². The number of hydrogen-bond donors (Lipinski definition) is 0. The van der Waals surface area contributed by atoms with Gasteiger partial charge in [0.25, 0.3) is 0 Å². The molecule has 2 fully saturated rings. The molecule has 2 aliphatic rings. The molecule has 1 aromatic heterocycles. The summed E-state index contributed by atoms with van der Waals surface area (Å²) in [7, 11) is -2.14. The molecule has 0 atom stereocenters. The van der Waals surface area contributed by atoms with E-state index in [9.17, 15) is 21.6 Å². The molecule has 1 aromatic carbocycles. The molecule has 1 saturated carbocycles. The number of rotatable bonds is 4. The number of benzene rings is 1. The van der Waals surface area contributed by atoms with Crippen LogP contribution in [0.1, 0.15) is 78.5 Å². The van der Waals surface area contributed by atoms with Gasteiger partial charge in [-0.05, 0) is 50.8 Å². The smallest absolute Gasteiger partial charge is 0.303 e. The van der Waals surface area contributed by atoms with E-state index < -0.39 is 22.3 Å². The summed E-state index contributed by atoms with van der Waals surface area (Å²) in [6.07, 6.45) is 2.26. The number of hydrogen-bond acceptors (Lipinski definition) is 3. The third-order valence-corrected chi connectivity index (χ3v) is 8.64. The van der Waals surface area contributed by atoms with Crippen molar-refractivity contribution in [2.75, 3.05) is 24.4 Å². The molecule has 10 heteroatoms. The van der Waals surface area contributed by atoms with E-state index in [1.54, 1.807) is 7.05 Å². The number of fused-ring (bicyclic) bond motifs is 1. The Morgan fingerprint density at radius 2 is 1.71 bits per heavy atom. The van der Waals surface area contributed by atoms with E-state index in [2.05, 4.69) is 32.3 Å². The Morgan fingerprint density at radius 1 is 1.11 bits per heavy atom. The summed E-state index contributed by atoms with van der Waals surface area (Å²) in [4.78, 5) is 4.78. The predicted molar refractivity (Wildman–Crippen MR) is 135 cm³/mol. The van der Waals surface area contributed by atoms with Gasteiger partial charge in [-0.3, -0.25) is 4.31 Å². The maximum atomic E-state index is 13.4. The van der Waals surface area contributed by atoms with Crippen molar-refractivity contribution in [3.63, 3.8) is 0 Å². The summed E-state index contributed by atoms with van der Waals surface area (Å²) in [5.41, 5.74) is 2.23. The minimum atomic E-state index is -3.68. The van der Waals surface area contributed by atoms with Gasteiger partial charge >= 0.3 is 10.2 Å². The van der Waals surface area contributed by atoms with Crippen LogP contribution in [0.3, 0.4) is 0 Å². The van der Waals surface area contributed by atoms with E-state index in [4.69, 9.17) is 4.98 Å². The first-order valence-corrected chi connectivity index (χ1v) is 13.9. The molecule has 6 nitrogen and oxygen atoms in total. The van der Waals surface area contributed by atoms with Crippen LogP contribution in [0, 0.1) is 0 Å². The van der Waals surface area contributed by atoms with Crippen molar-refractivity contribution in [3.8, 4) is 0 Å². The normalized spacial score (nSPS) is 19.9. The minimum Gasteiger partial charge on any atom is -0.328 e. The van der Waals surface area contributed by atoms with Gasteiger partial charge in [0, 0.05) is 44.9 Å². The van der Waals surface area contributed by atoms with Gasteiger partial charge < -0.3 is 4.57 Å². The number of halogens is 3. The quantitative estimate of drug-likeness (QED) is 0.497. The van der Waals surface area contributed by atoms with Crippen LogP contribution in [-0.2, 0) is 22.2 Å². The summed E-state index contributed by atoms with van der Waals surface area (Å²) in [5.74, 6) is -1.34. The Balaban J connectivity index is 0.000000363. The van der Waals surface area contributed by atoms with Crippen molar-refractivity contribution < 1.29 is 21.6 Å². The summed E-state index contributed by atoms with van der Waals surface area (Å²) in [6, 6.07) is 5.55. The maximum absolute atomic E-state index is 13.4. The number of aryl methyl sites for hydroxylation is 1. The first kappa shape index (κ1) is 27.8. The minimum absolute atomic E-state index is 0.107. The molecule has 35 heavy (non-hydrogen) atoms. The zero-order valence-corrected chi connectivity index (χ0v) is 22.3. The molecule has 1 saturated heterocycles. The summed E-state index contributed by atoms with van der Waals surface area (Å²) >= 11 is 0. The van der Waals surface area contributed by atoms with Gasteiger partial charge in [0.05, 0.1) is 16.7 Å². The lowest BCUT2D eigenvalue weighted by Gasteiger charge is -2.32. The number of imidazole rings is 1. The van der Waals surface area contributed by atoms with Crippen molar-refractivity contribution in [3.05, 3.63) is 24.0 Å². The van der Waals surface area contributed by atoms with Crippen molar-refractivity contribution in [1.82, 2.24) is 13.9 Å². The molecular weight excluding hydrogens is 477 g/mol. The van der Waals surface area contributed by atoms with Crippen LogP contribution in [0.5, 0.6) is 0 Å². The predicted octanol–water partition coefficient (Wildman–Crippen LogP) is 6.05. The third kappa shape index (κ3) is 6.50. The zero-order chi connectivity index (χ0) is 26.0. The van der Waals surface area contributed by atoms with Crippen LogP contribution in [0.25, 0.3) is 11.0 Å². The number of aromatic nitrogens is 2. The molecule has 1 aliphatic heterocycles. The monoisotopic (exact) mass is 516 g/mol. The SMILES string of the molecule is CCn1c(C(C)(C)C)nc2cc(N(C)S(=O)(=O)N3CCC(F)CC3)ccc21.FC1(F)CCCCC1. The van der Waals surface area contributed by atoms with Gasteiger partial charge in [-0.15, -0.1) is 0 Å². The van der Waals surface area contributed by atoms with Crippen LogP contribution >= 0.6 is 0 Å². The fraction of sp³-hybridized carbons (Fsp3) is 0.720. The molecule has 198 valence electrons. The molecule has 2 aromatic rings. The molecule has 2 heterocycles. The standard InChI is InChI=1S/C19H29FN4O2S.C6H10F2/c1-6-24-17-8-7-15(13-16(17)21-18(24)19(2,3)4)22(5)27(25,26)23-11-9-14(20)10-12-23;7-6(8)4-2-1-3-5-6/h7-8,13-14H,6,9-12H2,1-5H3;1-5H2. The van der Waals surface area contributed by atoms with Gasteiger partial charge in [-0.1, -0.05) is 27.2 Å². The fourth-order valence-corrected chi connectivity index (χ4v) is 6.04. The van der Waals surface area contributed by atoms with Crippen molar-refractivity contribution in [1.29, 1.82) is 0 Å². The highest BCUT2D eigenvalue weighted by atomic mass is 32.2. The van der Waals surface area contributed by atoms with Crippen LogP contribution in [0.15, 0.2) is 18.2 Å². The molecule has 0 N–H and O–H groups in total. The van der Waals surface area contributed by atoms with Gasteiger partial charge in [-0.25, -0.2) is 18.2 Å². The lowest BCUT2D eigenvalue weighted by atomic mass is 9.96. The fourth-order valence-electron chi connectivity index (χ4n) is 4.64. The Bertz CT molecular complexity index is 1100. The highest BCUT2D eigenvalue weighted by Gasteiger charge is 2.32. The van der Waals surface area contributed by atoms with E-state index >= 15 is 0 Å². The molecule has 0 radical (unpaired) electrons. The molecule has 0 unspecified atom stereocenters. The second-order valence-corrected chi connectivity index (χ2v) is 12.5. The highest BCUT2D eigenvalue weighted by molar-refractivity contribution is 7.90. The van der Waals surface area contributed by atoms with Crippen molar-refractivity contribution in [2.45, 2.75) is 96.7 Å². The summed E-state index contributed by atoms with van der Waals surface area (Å²) in [6.45, 7) is 9.67. The van der Waals surface area contributed by atoms with E-state index in [1.807, 2.05) is 18.2 Å². The van der Waals surface area contributed by atoms with Gasteiger partial charge in [0.15, 0.2) is 0 Å². The van der Waals surface area contributed by atoms with E-state index in [1.165, 1.54) is 8.61 Å². The number of alkyl halides is 3. The van der Waals surface area contributed by atoms with Crippen molar-refractivity contribution in [2.24, 2.45) is 0 Å². The maximum Gasteiger partial charge on any atom is 0.303 e. The lowest BCUT2D eigenvalue weighted by molar-refractivity contribution is -0.0337. The molecule has 0 spiro atoms. The molecular formula is C25H39F3N4O2S. The second kappa shape index (κ2) is 10.7. The Morgan fingerprint density at radius 3 is 2.20 bits per heavy atom. The summed E-state index contributed by atoms with van der Waals surface area (Å²) in [5, 5.41) is 0. The first-order chi connectivity index (χ1) is 16.3. The van der Waals surface area contributed by atoms with Crippen LogP contribution in [0.4, 0.5) is 18.9 Å². The Labute approximate surface area is 207 Å². The number of piperidine rings is 1. The van der Waals surface area contributed by atoms with Gasteiger partial charge in [0.2, 0.25) is 5.92 Å². The number of anilines is 1. The average Bonchev–Trinajstić information content (AvgIpc) is 3.17. The van der Waals surface area contributed by atoms with Crippen LogP contribution in [0.2, 0.25) is 0 Å². The Kier molecular flexibility index (Phi) is 8.46. The highest BCUT2D eigenvalue weighted by Crippen LogP contribution is 2.32. The average molecular weight is 517 g/mol. The topological polar surface area (TPSA) is 58.4 Å². The Hall–Kier alpha value is -1.81. The first-order valence-electron chi connectivity index (χ1n) is 12.5. The zero-order valence-electron chi connectivity index (χ0n) is 21.5. The molecule has 0 bridgehead atoms. The van der Waals surface area contributed by atoms with E-state index in [-0.39, 0.29) is 44.2 Å².